The van der Waals surface area contributed by atoms with Gasteiger partial charge in [0.15, 0.2) is 6.10 Å². The second-order valence-corrected chi connectivity index (χ2v) is 3.49. The van der Waals surface area contributed by atoms with Gasteiger partial charge in [0, 0.05) is 12.1 Å². The van der Waals surface area contributed by atoms with Crippen LogP contribution in [0.25, 0.3) is 0 Å². The first-order chi connectivity index (χ1) is 8.19. The van der Waals surface area contributed by atoms with E-state index in [2.05, 4.69) is 11.2 Å². The number of para-hydroxylation sites is 1. The van der Waals surface area contributed by atoms with Crippen molar-refractivity contribution in [3.8, 4) is 18.1 Å². The van der Waals surface area contributed by atoms with E-state index in [9.17, 15) is 4.79 Å². The molecule has 17 heavy (non-hydrogen) atoms. The summed E-state index contributed by atoms with van der Waals surface area (Å²) in [7, 11) is 0. The average molecular weight is 232 g/mol. The van der Waals surface area contributed by atoms with Gasteiger partial charge in [0.25, 0.3) is 5.91 Å². The zero-order valence-corrected chi connectivity index (χ0v) is 9.77. The van der Waals surface area contributed by atoms with Gasteiger partial charge in [0.05, 0.1) is 6.54 Å². The number of hydrogen-bond acceptors (Lipinski definition) is 3. The number of rotatable bonds is 5. The van der Waals surface area contributed by atoms with Crippen LogP contribution in [0.1, 0.15) is 12.5 Å². The quantitative estimate of drug-likeness (QED) is 0.733. The standard InChI is InChI=1S/C13H16N2O2/c1-3-8-15-13(16)10(2)17-12-7-5-4-6-11(12)9-14/h1,4-7,10H,8-9,14H2,2H3,(H,15,16). The number of ether oxygens (including phenoxy) is 1. The van der Waals surface area contributed by atoms with Gasteiger partial charge in [-0.3, -0.25) is 4.79 Å². The number of amides is 1. The van der Waals surface area contributed by atoms with Crippen LogP contribution >= 0.6 is 0 Å². The fraction of sp³-hybridized carbons (Fsp3) is 0.308. The van der Waals surface area contributed by atoms with Crippen molar-refractivity contribution in [2.24, 2.45) is 5.73 Å². The van der Waals surface area contributed by atoms with Crippen LogP contribution in [0, 0.1) is 12.3 Å². The lowest BCUT2D eigenvalue weighted by Gasteiger charge is -2.16. The van der Waals surface area contributed by atoms with Gasteiger partial charge in [0.2, 0.25) is 0 Å². The smallest absolute Gasteiger partial charge is 0.261 e. The summed E-state index contributed by atoms with van der Waals surface area (Å²) < 4.78 is 5.53. The Bertz CT molecular complexity index is 424. The summed E-state index contributed by atoms with van der Waals surface area (Å²) in [6.45, 7) is 2.24. The highest BCUT2D eigenvalue weighted by Crippen LogP contribution is 2.18. The van der Waals surface area contributed by atoms with Crippen LogP contribution in [0.4, 0.5) is 0 Å². The van der Waals surface area contributed by atoms with Crippen LogP contribution in [-0.2, 0) is 11.3 Å². The van der Waals surface area contributed by atoms with Gasteiger partial charge in [-0.2, -0.15) is 0 Å². The Morgan fingerprint density at radius 3 is 2.94 bits per heavy atom. The SMILES string of the molecule is C#CCNC(=O)C(C)Oc1ccccc1CN. The Morgan fingerprint density at radius 1 is 1.59 bits per heavy atom. The van der Waals surface area contributed by atoms with Gasteiger partial charge in [-0.05, 0) is 13.0 Å². The molecule has 1 rings (SSSR count). The highest BCUT2D eigenvalue weighted by Gasteiger charge is 2.14. The van der Waals surface area contributed by atoms with Crippen LogP contribution in [0.15, 0.2) is 24.3 Å². The van der Waals surface area contributed by atoms with Gasteiger partial charge in [-0.25, -0.2) is 0 Å². The maximum absolute atomic E-state index is 11.5. The van der Waals surface area contributed by atoms with Crippen molar-refractivity contribution in [2.75, 3.05) is 6.54 Å². The van der Waals surface area contributed by atoms with E-state index >= 15 is 0 Å². The fourth-order valence-corrected chi connectivity index (χ4v) is 1.31. The number of hydrogen-bond donors (Lipinski definition) is 2. The van der Waals surface area contributed by atoms with Crippen molar-refractivity contribution in [1.82, 2.24) is 5.32 Å². The molecule has 0 fully saturated rings. The lowest BCUT2D eigenvalue weighted by molar-refractivity contribution is -0.127. The largest absolute Gasteiger partial charge is 0.481 e. The third-order valence-electron chi connectivity index (χ3n) is 2.23. The zero-order chi connectivity index (χ0) is 12.7. The van der Waals surface area contributed by atoms with Gasteiger partial charge in [-0.15, -0.1) is 6.42 Å². The third-order valence-corrected chi connectivity index (χ3v) is 2.23. The Morgan fingerprint density at radius 2 is 2.29 bits per heavy atom. The van der Waals surface area contributed by atoms with Crippen molar-refractivity contribution < 1.29 is 9.53 Å². The van der Waals surface area contributed by atoms with Crippen molar-refractivity contribution in [3.05, 3.63) is 29.8 Å². The van der Waals surface area contributed by atoms with E-state index < -0.39 is 6.10 Å². The Labute approximate surface area is 101 Å². The molecule has 0 heterocycles. The van der Waals surface area contributed by atoms with Crippen molar-refractivity contribution in [1.29, 1.82) is 0 Å². The minimum atomic E-state index is -0.601. The lowest BCUT2D eigenvalue weighted by atomic mass is 10.2. The summed E-state index contributed by atoms with van der Waals surface area (Å²) >= 11 is 0. The summed E-state index contributed by atoms with van der Waals surface area (Å²) in [4.78, 5) is 11.5. The molecule has 4 heteroatoms. The van der Waals surface area contributed by atoms with E-state index in [0.717, 1.165) is 5.56 Å². The predicted octanol–water partition coefficient (Wildman–Crippen LogP) is 0.662. The molecule has 0 aliphatic carbocycles. The highest BCUT2D eigenvalue weighted by atomic mass is 16.5. The molecule has 0 saturated carbocycles. The van der Waals surface area contributed by atoms with Crippen LogP contribution in [-0.4, -0.2) is 18.6 Å². The minimum absolute atomic E-state index is 0.199. The molecule has 0 spiro atoms. The van der Waals surface area contributed by atoms with Gasteiger partial charge in [-0.1, -0.05) is 24.1 Å². The molecule has 0 bridgehead atoms. The molecular formula is C13H16N2O2. The second kappa shape index (κ2) is 6.56. The van der Waals surface area contributed by atoms with Crippen molar-refractivity contribution in [2.45, 2.75) is 19.6 Å². The molecule has 1 amide bonds. The first-order valence-electron chi connectivity index (χ1n) is 5.34. The number of terminal acetylenes is 1. The molecule has 0 aliphatic heterocycles. The van der Waals surface area contributed by atoms with Gasteiger partial charge in [0.1, 0.15) is 5.75 Å². The van der Waals surface area contributed by atoms with Crippen LogP contribution < -0.4 is 15.8 Å². The number of carbonyl (C=O) groups is 1. The Balaban J connectivity index is 2.64. The molecule has 1 aromatic carbocycles. The van der Waals surface area contributed by atoms with E-state index in [1.807, 2.05) is 18.2 Å². The summed E-state index contributed by atoms with van der Waals surface area (Å²) in [5.74, 6) is 2.71. The Hall–Kier alpha value is -1.99. The second-order valence-electron chi connectivity index (χ2n) is 3.49. The van der Waals surface area contributed by atoms with Crippen LogP contribution in [0.2, 0.25) is 0 Å². The minimum Gasteiger partial charge on any atom is -0.481 e. The summed E-state index contributed by atoms with van der Waals surface area (Å²) in [5.41, 5.74) is 6.44. The van der Waals surface area contributed by atoms with E-state index in [1.54, 1.807) is 13.0 Å². The molecule has 0 aromatic heterocycles. The number of nitrogens with two attached hydrogens (primary N) is 1. The molecular weight excluding hydrogens is 216 g/mol. The number of carbonyl (C=O) groups excluding carboxylic acids is 1. The zero-order valence-electron chi connectivity index (χ0n) is 9.77. The predicted molar refractivity (Wildman–Crippen MR) is 66.3 cm³/mol. The van der Waals surface area contributed by atoms with Gasteiger partial charge >= 0.3 is 0 Å². The van der Waals surface area contributed by atoms with E-state index in [4.69, 9.17) is 16.9 Å². The maximum atomic E-state index is 11.5. The third kappa shape index (κ3) is 3.82. The molecule has 0 saturated heterocycles. The van der Waals surface area contributed by atoms with Crippen LogP contribution in [0.3, 0.4) is 0 Å². The fourth-order valence-electron chi connectivity index (χ4n) is 1.31. The normalized spacial score (nSPS) is 11.4. The summed E-state index contributed by atoms with van der Waals surface area (Å²) in [6.07, 6.45) is 4.45. The molecule has 90 valence electrons. The molecule has 4 nitrogen and oxygen atoms in total. The monoisotopic (exact) mass is 232 g/mol. The van der Waals surface area contributed by atoms with E-state index in [-0.39, 0.29) is 12.5 Å². The summed E-state index contributed by atoms with van der Waals surface area (Å²) in [6, 6.07) is 7.35. The molecule has 3 N–H and O–H groups in total. The van der Waals surface area contributed by atoms with Gasteiger partial charge < -0.3 is 15.8 Å². The van der Waals surface area contributed by atoms with Crippen LogP contribution in [0.5, 0.6) is 5.75 Å². The average Bonchev–Trinajstić information content (AvgIpc) is 2.36. The Kier molecular flexibility index (Phi) is 5.05. The first kappa shape index (κ1) is 13.1. The first-order valence-corrected chi connectivity index (χ1v) is 5.34. The van der Waals surface area contributed by atoms with Crippen molar-refractivity contribution >= 4 is 5.91 Å². The number of nitrogens with one attached hydrogen (secondary N) is 1. The van der Waals surface area contributed by atoms with E-state index in [1.165, 1.54) is 0 Å². The molecule has 0 aliphatic rings. The molecule has 1 atom stereocenters. The summed E-state index contributed by atoms with van der Waals surface area (Å²) in [5, 5.41) is 2.56. The highest BCUT2D eigenvalue weighted by molar-refractivity contribution is 5.80. The van der Waals surface area contributed by atoms with E-state index in [0.29, 0.717) is 12.3 Å². The molecule has 1 unspecified atom stereocenters. The maximum Gasteiger partial charge on any atom is 0.261 e. The van der Waals surface area contributed by atoms with Crippen molar-refractivity contribution in [3.63, 3.8) is 0 Å². The molecule has 0 radical (unpaired) electrons. The lowest BCUT2D eigenvalue weighted by Crippen LogP contribution is -2.36. The topological polar surface area (TPSA) is 64.3 Å². The molecule has 1 aromatic rings. The number of benzene rings is 1.